The van der Waals surface area contributed by atoms with E-state index in [-0.39, 0.29) is 17.8 Å². The van der Waals surface area contributed by atoms with Gasteiger partial charge in [-0.1, -0.05) is 91.0 Å². The Hall–Kier alpha value is -4.45. The first-order chi connectivity index (χ1) is 16.6. The lowest BCUT2D eigenvalue weighted by molar-refractivity contribution is -0.384. The summed E-state index contributed by atoms with van der Waals surface area (Å²) in [4.78, 5) is 28.9. The van der Waals surface area contributed by atoms with Crippen LogP contribution < -0.4 is 4.90 Å². The molecule has 5 rings (SSSR count). The quantitative estimate of drug-likeness (QED) is 0.269. The largest absolute Gasteiger partial charge is 0.342 e. The fourth-order valence-electron chi connectivity index (χ4n) is 4.50. The van der Waals surface area contributed by atoms with Crippen molar-refractivity contribution < 1.29 is 9.72 Å². The average Bonchev–Trinajstić information content (AvgIpc) is 2.88. The zero-order chi connectivity index (χ0) is 23.5. The molecule has 4 aromatic rings. The van der Waals surface area contributed by atoms with Crippen molar-refractivity contribution in [3.05, 3.63) is 142 Å². The van der Waals surface area contributed by atoms with Crippen LogP contribution in [-0.4, -0.2) is 15.7 Å². The highest BCUT2D eigenvalue weighted by Crippen LogP contribution is 2.41. The van der Waals surface area contributed by atoms with Crippen molar-refractivity contribution in [1.82, 2.24) is 4.90 Å². The van der Waals surface area contributed by atoms with Gasteiger partial charge in [0.25, 0.3) is 11.6 Å². The number of non-ortho nitro benzene ring substituents is 1. The molecule has 1 heterocycles. The van der Waals surface area contributed by atoms with Crippen LogP contribution in [0.4, 0.5) is 11.4 Å². The molecule has 1 amide bonds. The third-order valence-electron chi connectivity index (χ3n) is 6.07. The Bertz CT molecular complexity index is 1310. The molecule has 1 aliphatic heterocycles. The molecule has 0 aromatic heterocycles. The van der Waals surface area contributed by atoms with Gasteiger partial charge in [-0.2, -0.15) is 0 Å². The molecule has 6 heteroatoms. The third kappa shape index (κ3) is 4.13. The van der Waals surface area contributed by atoms with Crippen LogP contribution in [0.25, 0.3) is 0 Å². The summed E-state index contributed by atoms with van der Waals surface area (Å²) in [6, 6.07) is 34.3. The van der Waals surface area contributed by atoms with Crippen molar-refractivity contribution >= 4 is 17.3 Å². The van der Waals surface area contributed by atoms with Crippen molar-refractivity contribution in [3.8, 4) is 0 Å². The summed E-state index contributed by atoms with van der Waals surface area (Å²) < 4.78 is 0. The van der Waals surface area contributed by atoms with Crippen molar-refractivity contribution in [3.63, 3.8) is 0 Å². The van der Waals surface area contributed by atoms with Crippen molar-refractivity contribution in [1.29, 1.82) is 0 Å². The number of fused-ring (bicyclic) bond motifs is 1. The molecule has 168 valence electrons. The zero-order valence-corrected chi connectivity index (χ0v) is 18.5. The van der Waals surface area contributed by atoms with Crippen molar-refractivity contribution in [2.75, 3.05) is 4.90 Å². The monoisotopic (exact) mass is 449 g/mol. The second-order valence-electron chi connectivity index (χ2n) is 8.28. The fraction of sp³-hybridized carbons (Fsp3) is 0.107. The van der Waals surface area contributed by atoms with Gasteiger partial charge in [0.15, 0.2) is 0 Å². The molecule has 0 aliphatic carbocycles. The molecule has 0 bridgehead atoms. The molecular formula is C28H23N3O3. The predicted molar refractivity (Wildman–Crippen MR) is 131 cm³/mol. The van der Waals surface area contributed by atoms with Crippen LogP contribution in [-0.2, 0) is 13.1 Å². The second kappa shape index (κ2) is 9.19. The van der Waals surface area contributed by atoms with E-state index in [9.17, 15) is 14.9 Å². The summed E-state index contributed by atoms with van der Waals surface area (Å²) in [7, 11) is 0. The Morgan fingerprint density at radius 2 is 1.24 bits per heavy atom. The third-order valence-corrected chi connectivity index (χ3v) is 6.07. The summed E-state index contributed by atoms with van der Waals surface area (Å²) >= 11 is 0. The Labute approximate surface area is 197 Å². The van der Waals surface area contributed by atoms with Gasteiger partial charge < -0.3 is 9.80 Å². The minimum atomic E-state index is -0.458. The van der Waals surface area contributed by atoms with Gasteiger partial charge in [0, 0.05) is 25.2 Å². The molecule has 0 spiro atoms. The van der Waals surface area contributed by atoms with E-state index in [1.54, 1.807) is 11.0 Å². The summed E-state index contributed by atoms with van der Waals surface area (Å²) in [5.41, 5.74) is 3.99. The normalized spacial score (nSPS) is 15.2. The van der Waals surface area contributed by atoms with Crippen LogP contribution in [0.1, 0.15) is 33.2 Å². The number of nitro benzene ring substituents is 1. The highest BCUT2D eigenvalue weighted by molar-refractivity contribution is 6.02. The number of hydrogen-bond donors (Lipinski definition) is 0. The lowest BCUT2D eigenvalue weighted by Gasteiger charge is -2.46. The zero-order valence-electron chi connectivity index (χ0n) is 18.5. The lowest BCUT2D eigenvalue weighted by atomic mass is 9.98. The van der Waals surface area contributed by atoms with Gasteiger partial charge >= 0.3 is 0 Å². The molecular weight excluding hydrogens is 426 g/mol. The number of carbonyl (C=O) groups is 1. The van der Waals surface area contributed by atoms with Crippen LogP contribution in [0.3, 0.4) is 0 Å². The summed E-state index contributed by atoms with van der Waals surface area (Å²) in [6.07, 6.45) is -0.372. The molecule has 0 saturated heterocycles. The van der Waals surface area contributed by atoms with Crippen LogP contribution >= 0.6 is 0 Å². The molecule has 34 heavy (non-hydrogen) atoms. The Morgan fingerprint density at radius 1 is 0.706 bits per heavy atom. The minimum Gasteiger partial charge on any atom is -0.342 e. The first-order valence-corrected chi connectivity index (χ1v) is 11.1. The first kappa shape index (κ1) is 21.4. The number of anilines is 1. The predicted octanol–water partition coefficient (Wildman–Crippen LogP) is 5.96. The molecule has 0 saturated carbocycles. The molecule has 0 radical (unpaired) electrons. The van der Waals surface area contributed by atoms with Gasteiger partial charge in [0.2, 0.25) is 0 Å². The summed E-state index contributed by atoms with van der Waals surface area (Å²) in [5.74, 6) is -0.222. The molecule has 0 N–H and O–H groups in total. The molecule has 4 aromatic carbocycles. The summed E-state index contributed by atoms with van der Waals surface area (Å²) in [6.45, 7) is 0.927. The maximum absolute atomic E-state index is 13.9. The number of amides is 1. The maximum Gasteiger partial charge on any atom is 0.270 e. The minimum absolute atomic E-state index is 0.0930. The standard InChI is InChI=1S/C28H23N3O3/c32-28-25-18-24(31(33)34)16-17-26(25)29(19-21-10-4-1-5-11-21)27(23-14-8-3-9-15-23)30(28)20-22-12-6-2-7-13-22/h1-18,27H,19-20H2/t27-/m0/s1. The smallest absolute Gasteiger partial charge is 0.270 e. The van der Waals surface area contributed by atoms with Crippen LogP contribution in [0.15, 0.2) is 109 Å². The first-order valence-electron chi connectivity index (χ1n) is 11.1. The van der Waals surface area contributed by atoms with Gasteiger partial charge in [-0.3, -0.25) is 14.9 Å². The second-order valence-corrected chi connectivity index (χ2v) is 8.28. The topological polar surface area (TPSA) is 66.7 Å². The van der Waals surface area contributed by atoms with E-state index in [4.69, 9.17) is 0 Å². The molecule has 1 atom stereocenters. The lowest BCUT2D eigenvalue weighted by Crippen LogP contribution is -2.48. The fourth-order valence-corrected chi connectivity index (χ4v) is 4.50. The Kier molecular flexibility index (Phi) is 5.79. The van der Waals surface area contributed by atoms with Gasteiger partial charge in [0.05, 0.1) is 16.2 Å². The van der Waals surface area contributed by atoms with E-state index < -0.39 is 4.92 Å². The summed E-state index contributed by atoms with van der Waals surface area (Å²) in [5, 5.41) is 11.5. The number of benzene rings is 4. The van der Waals surface area contributed by atoms with E-state index >= 15 is 0 Å². The van der Waals surface area contributed by atoms with E-state index in [2.05, 4.69) is 4.90 Å². The van der Waals surface area contributed by atoms with Crippen LogP contribution in [0.5, 0.6) is 0 Å². The molecule has 1 aliphatic rings. The number of rotatable bonds is 6. The Balaban J connectivity index is 1.69. The number of nitrogens with zero attached hydrogens (tertiary/aromatic N) is 3. The number of carbonyl (C=O) groups excluding carboxylic acids is 1. The van der Waals surface area contributed by atoms with Gasteiger partial charge in [0.1, 0.15) is 6.17 Å². The van der Waals surface area contributed by atoms with E-state index in [0.29, 0.717) is 24.3 Å². The molecule has 0 fully saturated rings. The SMILES string of the molecule is O=C1c2cc([N+](=O)[O-])ccc2N(Cc2ccccc2)[C@H](c2ccccc2)N1Cc1ccccc1. The number of hydrogen-bond acceptors (Lipinski definition) is 4. The molecule has 0 unspecified atom stereocenters. The van der Waals surface area contributed by atoms with E-state index in [0.717, 1.165) is 16.7 Å². The Morgan fingerprint density at radius 3 is 1.79 bits per heavy atom. The maximum atomic E-state index is 13.9. The average molecular weight is 450 g/mol. The van der Waals surface area contributed by atoms with E-state index in [1.165, 1.54) is 12.1 Å². The van der Waals surface area contributed by atoms with Crippen LogP contribution in [0.2, 0.25) is 0 Å². The molecule has 6 nitrogen and oxygen atoms in total. The van der Waals surface area contributed by atoms with Gasteiger partial charge in [-0.15, -0.1) is 0 Å². The highest BCUT2D eigenvalue weighted by atomic mass is 16.6. The van der Waals surface area contributed by atoms with Crippen LogP contribution in [0, 0.1) is 10.1 Å². The van der Waals surface area contributed by atoms with Crippen molar-refractivity contribution in [2.45, 2.75) is 19.3 Å². The van der Waals surface area contributed by atoms with Crippen molar-refractivity contribution in [2.24, 2.45) is 0 Å². The highest BCUT2D eigenvalue weighted by Gasteiger charge is 2.39. The van der Waals surface area contributed by atoms with Gasteiger partial charge in [-0.05, 0) is 22.8 Å². The number of nitro groups is 1. The van der Waals surface area contributed by atoms with Gasteiger partial charge in [-0.25, -0.2) is 0 Å². The van der Waals surface area contributed by atoms with E-state index in [1.807, 2.05) is 91.0 Å².